The maximum Gasteiger partial charge on any atom is 0.416 e. The van der Waals surface area contributed by atoms with Gasteiger partial charge in [0.05, 0.1) is 17.4 Å². The monoisotopic (exact) mass is 522 g/mol. The zero-order valence-corrected chi connectivity index (χ0v) is 20.4. The largest absolute Gasteiger partial charge is 0.480 e. The summed E-state index contributed by atoms with van der Waals surface area (Å²) in [4.78, 5) is 41.1. The van der Waals surface area contributed by atoms with Crippen molar-refractivity contribution in [2.75, 3.05) is 6.54 Å². The van der Waals surface area contributed by atoms with E-state index in [0.717, 1.165) is 27.8 Å². The predicted octanol–water partition coefficient (Wildman–Crippen LogP) is 4.75. The highest BCUT2D eigenvalue weighted by Gasteiger charge is 2.68. The summed E-state index contributed by atoms with van der Waals surface area (Å²) in [5.41, 5.74) is -2.11. The fraction of sp³-hybridized carbons (Fsp3) is 0.276. The van der Waals surface area contributed by atoms with Crippen molar-refractivity contribution in [1.82, 2.24) is 10.2 Å². The van der Waals surface area contributed by atoms with Crippen LogP contribution in [-0.4, -0.2) is 39.9 Å². The molecule has 0 saturated carbocycles. The van der Waals surface area contributed by atoms with E-state index >= 15 is 0 Å². The Morgan fingerprint density at radius 2 is 1.76 bits per heavy atom. The van der Waals surface area contributed by atoms with Gasteiger partial charge in [0.25, 0.3) is 0 Å². The van der Waals surface area contributed by atoms with E-state index < -0.39 is 52.9 Å². The molecule has 2 aliphatic rings. The van der Waals surface area contributed by atoms with Crippen molar-refractivity contribution < 1.29 is 32.7 Å². The van der Waals surface area contributed by atoms with E-state index in [9.17, 15) is 32.7 Å². The highest BCUT2D eigenvalue weighted by atomic mass is 19.4. The molecule has 0 radical (unpaired) electrons. The molecule has 2 amide bonds. The van der Waals surface area contributed by atoms with Crippen LogP contribution in [0.4, 0.5) is 13.2 Å². The molecule has 0 bridgehead atoms. The second-order valence-corrected chi connectivity index (χ2v) is 9.74. The van der Waals surface area contributed by atoms with Gasteiger partial charge in [-0.15, -0.1) is 0 Å². The molecule has 38 heavy (non-hydrogen) atoms. The Hall–Kier alpha value is -3.98. The average Bonchev–Trinajstić information content (AvgIpc) is 3.36. The molecule has 0 aromatic heterocycles. The number of nitrogens with zero attached hydrogens (tertiary/aromatic N) is 1. The Morgan fingerprint density at radius 1 is 1.03 bits per heavy atom. The lowest BCUT2D eigenvalue weighted by molar-refractivity contribution is -0.151. The molecule has 0 spiro atoms. The van der Waals surface area contributed by atoms with Crippen LogP contribution in [0.15, 0.2) is 78.9 Å². The zero-order chi connectivity index (χ0) is 27.2. The van der Waals surface area contributed by atoms with Crippen molar-refractivity contribution >= 4 is 28.6 Å². The minimum Gasteiger partial charge on any atom is -0.480 e. The van der Waals surface area contributed by atoms with Gasteiger partial charge in [-0.25, -0.2) is 0 Å². The average molecular weight is 523 g/mol. The van der Waals surface area contributed by atoms with Gasteiger partial charge in [-0.05, 0) is 41.0 Å². The summed E-state index contributed by atoms with van der Waals surface area (Å²) < 4.78 is 40.5. The van der Waals surface area contributed by atoms with Gasteiger partial charge in [-0.1, -0.05) is 66.7 Å². The molecular formula is C29H25F3N2O4. The summed E-state index contributed by atoms with van der Waals surface area (Å²) in [5.74, 6) is -5.07. The molecule has 196 valence electrons. The molecule has 3 aromatic carbocycles. The Morgan fingerprint density at radius 3 is 2.45 bits per heavy atom. The molecular weight excluding hydrogens is 497 g/mol. The lowest BCUT2D eigenvalue weighted by Gasteiger charge is -2.31. The third-order valence-corrected chi connectivity index (χ3v) is 7.52. The molecule has 4 atom stereocenters. The van der Waals surface area contributed by atoms with E-state index in [-0.39, 0.29) is 18.5 Å². The molecule has 2 fully saturated rings. The number of fused-ring (bicyclic) bond motifs is 2. The van der Waals surface area contributed by atoms with Crippen LogP contribution in [0, 0.1) is 11.8 Å². The van der Waals surface area contributed by atoms with Gasteiger partial charge < -0.3 is 5.11 Å². The summed E-state index contributed by atoms with van der Waals surface area (Å²) in [7, 11) is 0. The molecule has 2 heterocycles. The number of likely N-dealkylation sites (tertiary alicyclic amines) is 1. The fourth-order valence-electron chi connectivity index (χ4n) is 5.75. The summed E-state index contributed by atoms with van der Waals surface area (Å²) >= 11 is 0. The first-order valence-corrected chi connectivity index (χ1v) is 12.2. The molecule has 3 aromatic rings. The molecule has 6 nitrogen and oxygen atoms in total. The summed E-state index contributed by atoms with van der Waals surface area (Å²) in [6, 6.07) is 16.3. The number of aliphatic carboxylic acids is 1. The number of imide groups is 1. The van der Waals surface area contributed by atoms with Crippen LogP contribution in [0.1, 0.15) is 29.7 Å². The number of allylic oxidation sites excluding steroid dienone is 1. The number of carbonyl (C=O) groups is 3. The first-order chi connectivity index (χ1) is 18.1. The van der Waals surface area contributed by atoms with E-state index in [4.69, 9.17) is 0 Å². The Labute approximate surface area is 216 Å². The van der Waals surface area contributed by atoms with E-state index in [1.165, 1.54) is 12.1 Å². The Kier molecular flexibility index (Phi) is 6.35. The number of benzene rings is 3. The number of rotatable bonds is 6. The first kappa shape index (κ1) is 25.7. The van der Waals surface area contributed by atoms with Gasteiger partial charge in [0.15, 0.2) is 0 Å². The molecule has 2 saturated heterocycles. The molecule has 4 unspecified atom stereocenters. The normalized spacial score (nSPS) is 25.5. The topological polar surface area (TPSA) is 86.7 Å². The van der Waals surface area contributed by atoms with Crippen LogP contribution in [0.25, 0.3) is 10.8 Å². The summed E-state index contributed by atoms with van der Waals surface area (Å²) in [5, 5.41) is 15.4. The van der Waals surface area contributed by atoms with Gasteiger partial charge in [0, 0.05) is 19.0 Å². The maximum atomic E-state index is 13.6. The highest BCUT2D eigenvalue weighted by Crippen LogP contribution is 2.50. The molecule has 2 N–H and O–H groups in total. The lowest BCUT2D eigenvalue weighted by atomic mass is 9.76. The summed E-state index contributed by atoms with van der Waals surface area (Å²) in [6.45, 7) is 1.68. The second-order valence-electron chi connectivity index (χ2n) is 9.74. The first-order valence-electron chi connectivity index (χ1n) is 12.2. The van der Waals surface area contributed by atoms with Gasteiger partial charge in [0.2, 0.25) is 11.8 Å². The molecule has 2 aliphatic heterocycles. The quantitative estimate of drug-likeness (QED) is 0.361. The Balaban J connectivity index is 1.64. The second kappa shape index (κ2) is 9.40. The van der Waals surface area contributed by atoms with E-state index in [1.54, 1.807) is 25.1 Å². The van der Waals surface area contributed by atoms with E-state index in [2.05, 4.69) is 5.32 Å². The number of amides is 2. The van der Waals surface area contributed by atoms with Crippen LogP contribution in [0.5, 0.6) is 0 Å². The van der Waals surface area contributed by atoms with Crippen LogP contribution >= 0.6 is 0 Å². The van der Waals surface area contributed by atoms with E-state index in [0.29, 0.717) is 5.56 Å². The number of carbonyl (C=O) groups excluding carboxylic acids is 2. The predicted molar refractivity (Wildman–Crippen MR) is 134 cm³/mol. The number of hydrogen-bond donors (Lipinski definition) is 2. The minimum atomic E-state index is -4.63. The number of carboxylic acids is 1. The summed E-state index contributed by atoms with van der Waals surface area (Å²) in [6.07, 6.45) is -1.50. The number of hydrogen-bond acceptors (Lipinski definition) is 4. The van der Waals surface area contributed by atoms with Crippen molar-refractivity contribution in [1.29, 1.82) is 0 Å². The third-order valence-electron chi connectivity index (χ3n) is 7.52. The van der Waals surface area contributed by atoms with Crippen LogP contribution in [0.2, 0.25) is 0 Å². The van der Waals surface area contributed by atoms with Crippen molar-refractivity contribution in [3.8, 4) is 0 Å². The molecule has 0 aliphatic carbocycles. The molecule has 9 heteroatoms. The van der Waals surface area contributed by atoms with Crippen LogP contribution in [-0.2, 0) is 27.0 Å². The SMILES string of the molecule is C/C=C/CN1C(=O)C2C(c3cccc(C(F)(F)F)c3)NC(Cc3ccc4ccccc4c3)(C(=O)O)C2C1=O. The van der Waals surface area contributed by atoms with Gasteiger partial charge >= 0.3 is 12.1 Å². The number of carboxylic acid groups (broad SMARTS) is 1. The Bertz CT molecular complexity index is 1470. The number of halogens is 3. The third kappa shape index (κ3) is 4.16. The van der Waals surface area contributed by atoms with Crippen molar-refractivity contribution in [2.45, 2.75) is 31.1 Å². The van der Waals surface area contributed by atoms with Gasteiger partial charge in [-0.3, -0.25) is 24.6 Å². The smallest absolute Gasteiger partial charge is 0.416 e. The van der Waals surface area contributed by atoms with Gasteiger partial charge in [0.1, 0.15) is 5.54 Å². The van der Waals surface area contributed by atoms with Crippen molar-refractivity contribution in [3.63, 3.8) is 0 Å². The van der Waals surface area contributed by atoms with Crippen LogP contribution in [0.3, 0.4) is 0 Å². The number of alkyl halides is 3. The highest BCUT2D eigenvalue weighted by molar-refractivity contribution is 6.09. The number of nitrogens with one attached hydrogen (secondary N) is 1. The lowest BCUT2D eigenvalue weighted by Crippen LogP contribution is -2.57. The standard InChI is InChI=1S/C29H25F3N2O4/c1-2-3-13-34-25(35)22-23(26(34)36)28(27(37)38,16-17-11-12-18-7-4-5-8-19(18)14-17)33-24(22)20-9-6-10-21(15-20)29(30,31)32/h2-12,14-15,22-24,33H,13,16H2,1H3,(H,37,38)/b3-2+. The van der Waals surface area contributed by atoms with Crippen molar-refractivity contribution in [2.24, 2.45) is 11.8 Å². The minimum absolute atomic E-state index is 0.0395. The van der Waals surface area contributed by atoms with Crippen molar-refractivity contribution in [3.05, 3.63) is 95.6 Å². The zero-order valence-electron chi connectivity index (χ0n) is 20.4. The maximum absolute atomic E-state index is 13.6. The fourth-order valence-corrected chi connectivity index (χ4v) is 5.75. The van der Waals surface area contributed by atoms with Crippen LogP contribution < -0.4 is 5.32 Å². The van der Waals surface area contributed by atoms with Gasteiger partial charge in [-0.2, -0.15) is 13.2 Å². The van der Waals surface area contributed by atoms with E-state index in [1.807, 2.05) is 36.4 Å². The molecule has 5 rings (SSSR count).